The molecule has 0 saturated carbocycles. The van der Waals surface area contributed by atoms with Crippen LogP contribution in [0.3, 0.4) is 0 Å². The Morgan fingerprint density at radius 2 is 1.83 bits per heavy atom. The number of ketones is 2. The van der Waals surface area contributed by atoms with Gasteiger partial charge in [0.1, 0.15) is 0 Å². The SMILES string of the molecule is CC1=C(O)C(=O)CC(C)(C)C1=O. The standard InChI is InChI=1S/C9H12O3/c1-5-7(11)6(10)4-9(2,3)8(5)12/h11H,4H2,1-3H3. The van der Waals surface area contributed by atoms with Gasteiger partial charge in [-0.1, -0.05) is 13.8 Å². The van der Waals surface area contributed by atoms with Gasteiger partial charge in [0.05, 0.1) is 0 Å². The average molecular weight is 168 g/mol. The zero-order valence-corrected chi connectivity index (χ0v) is 7.47. The number of rotatable bonds is 0. The molecule has 1 aliphatic rings. The Hall–Kier alpha value is -1.12. The van der Waals surface area contributed by atoms with E-state index in [1.54, 1.807) is 13.8 Å². The van der Waals surface area contributed by atoms with Crippen LogP contribution >= 0.6 is 0 Å². The Morgan fingerprint density at radius 3 is 2.33 bits per heavy atom. The summed E-state index contributed by atoms with van der Waals surface area (Å²) in [6.45, 7) is 4.91. The summed E-state index contributed by atoms with van der Waals surface area (Å²) in [5.74, 6) is -0.837. The number of aliphatic hydroxyl groups excluding tert-OH is 1. The molecule has 0 unspecified atom stereocenters. The molecule has 0 aromatic rings. The second-order valence-electron chi connectivity index (χ2n) is 3.79. The molecular formula is C9H12O3. The molecule has 1 aliphatic carbocycles. The molecule has 0 heterocycles. The smallest absolute Gasteiger partial charge is 0.198 e. The van der Waals surface area contributed by atoms with Crippen LogP contribution in [0.2, 0.25) is 0 Å². The quantitative estimate of drug-likeness (QED) is 0.594. The Morgan fingerprint density at radius 1 is 1.33 bits per heavy atom. The van der Waals surface area contributed by atoms with Crippen LogP contribution in [-0.4, -0.2) is 16.7 Å². The molecule has 66 valence electrons. The third-order valence-electron chi connectivity index (χ3n) is 2.18. The molecule has 3 heteroatoms. The van der Waals surface area contributed by atoms with Gasteiger partial charge in [0.25, 0.3) is 0 Å². The van der Waals surface area contributed by atoms with Gasteiger partial charge in [-0.05, 0) is 6.92 Å². The molecule has 1 N–H and O–H groups in total. The first-order chi connectivity index (χ1) is 5.36. The first-order valence-electron chi connectivity index (χ1n) is 3.84. The summed E-state index contributed by atoms with van der Waals surface area (Å²) in [6.07, 6.45) is 0.106. The first-order valence-corrected chi connectivity index (χ1v) is 3.84. The van der Waals surface area contributed by atoms with Crippen LogP contribution in [0.15, 0.2) is 11.3 Å². The van der Waals surface area contributed by atoms with Crippen molar-refractivity contribution < 1.29 is 14.7 Å². The molecule has 1 rings (SSSR count). The Labute approximate surface area is 71.1 Å². The molecule has 0 spiro atoms. The maximum atomic E-state index is 11.4. The number of carbonyl (C=O) groups excluding carboxylic acids is 2. The van der Waals surface area contributed by atoms with E-state index < -0.39 is 5.41 Å². The molecule has 0 amide bonds. The van der Waals surface area contributed by atoms with Crippen LogP contribution < -0.4 is 0 Å². The topological polar surface area (TPSA) is 54.4 Å². The van der Waals surface area contributed by atoms with E-state index in [4.69, 9.17) is 5.11 Å². The maximum Gasteiger partial charge on any atom is 0.198 e. The second kappa shape index (κ2) is 2.44. The lowest BCUT2D eigenvalue weighted by atomic mass is 9.75. The van der Waals surface area contributed by atoms with Gasteiger partial charge < -0.3 is 5.11 Å². The van der Waals surface area contributed by atoms with Crippen LogP contribution in [0.5, 0.6) is 0 Å². The van der Waals surface area contributed by atoms with Crippen molar-refractivity contribution in [1.29, 1.82) is 0 Å². The molecular weight excluding hydrogens is 156 g/mol. The highest BCUT2D eigenvalue weighted by Gasteiger charge is 2.38. The number of carbonyl (C=O) groups is 2. The second-order valence-corrected chi connectivity index (χ2v) is 3.79. The Bertz CT molecular complexity index is 284. The molecule has 0 aliphatic heterocycles. The predicted molar refractivity (Wildman–Crippen MR) is 43.7 cm³/mol. The fraction of sp³-hybridized carbons (Fsp3) is 0.556. The summed E-state index contributed by atoms with van der Waals surface area (Å²) in [4.78, 5) is 22.5. The predicted octanol–water partition coefficient (Wildman–Crippen LogP) is 1.39. The van der Waals surface area contributed by atoms with Gasteiger partial charge in [-0.25, -0.2) is 0 Å². The highest BCUT2D eigenvalue weighted by Crippen LogP contribution is 2.32. The van der Waals surface area contributed by atoms with Crippen molar-refractivity contribution in [3.8, 4) is 0 Å². The van der Waals surface area contributed by atoms with E-state index in [2.05, 4.69) is 0 Å². The van der Waals surface area contributed by atoms with Gasteiger partial charge in [-0.2, -0.15) is 0 Å². The van der Waals surface area contributed by atoms with Crippen molar-refractivity contribution in [3.63, 3.8) is 0 Å². The fourth-order valence-corrected chi connectivity index (χ4v) is 1.39. The molecule has 0 radical (unpaired) electrons. The zero-order valence-electron chi connectivity index (χ0n) is 7.47. The average Bonchev–Trinajstić information content (AvgIpc) is 1.97. The molecule has 0 saturated heterocycles. The summed E-state index contributed by atoms with van der Waals surface area (Å²) in [7, 11) is 0. The first kappa shape index (κ1) is 8.97. The normalized spacial score (nSPS) is 23.2. The van der Waals surface area contributed by atoms with Crippen molar-refractivity contribution in [3.05, 3.63) is 11.3 Å². The number of hydrogen-bond acceptors (Lipinski definition) is 3. The lowest BCUT2D eigenvalue weighted by molar-refractivity contribution is -0.131. The number of aliphatic hydroxyl groups is 1. The van der Waals surface area contributed by atoms with Gasteiger partial charge >= 0.3 is 0 Å². The third-order valence-corrected chi connectivity index (χ3v) is 2.18. The van der Waals surface area contributed by atoms with Gasteiger partial charge in [0.15, 0.2) is 17.3 Å². The van der Waals surface area contributed by atoms with Crippen molar-refractivity contribution in [2.75, 3.05) is 0 Å². The summed E-state index contributed by atoms with van der Waals surface area (Å²) < 4.78 is 0. The van der Waals surface area contributed by atoms with Crippen LogP contribution in [0.4, 0.5) is 0 Å². The molecule has 0 fully saturated rings. The minimum absolute atomic E-state index is 0.106. The van der Waals surface area contributed by atoms with E-state index in [1.807, 2.05) is 0 Å². The lowest BCUT2D eigenvalue weighted by Gasteiger charge is -2.26. The summed E-state index contributed by atoms with van der Waals surface area (Å²) in [5, 5.41) is 9.16. The molecule has 0 aromatic carbocycles. The fourth-order valence-electron chi connectivity index (χ4n) is 1.39. The highest BCUT2D eigenvalue weighted by atomic mass is 16.3. The number of hydrogen-bond donors (Lipinski definition) is 1. The summed E-state index contributed by atoms with van der Waals surface area (Å²) >= 11 is 0. The summed E-state index contributed by atoms with van der Waals surface area (Å²) in [5.41, 5.74) is -0.454. The van der Waals surface area contributed by atoms with E-state index in [1.165, 1.54) is 6.92 Å². The van der Waals surface area contributed by atoms with E-state index in [0.717, 1.165) is 0 Å². The van der Waals surface area contributed by atoms with Gasteiger partial charge in [-0.3, -0.25) is 9.59 Å². The van der Waals surface area contributed by atoms with E-state index in [9.17, 15) is 9.59 Å². The highest BCUT2D eigenvalue weighted by molar-refractivity contribution is 6.12. The van der Waals surface area contributed by atoms with Crippen LogP contribution in [-0.2, 0) is 9.59 Å². The van der Waals surface area contributed by atoms with Gasteiger partial charge in [0, 0.05) is 17.4 Å². The maximum absolute atomic E-state index is 11.4. The lowest BCUT2D eigenvalue weighted by Crippen LogP contribution is -2.34. The van der Waals surface area contributed by atoms with Crippen LogP contribution in [0, 0.1) is 5.41 Å². The molecule has 0 aromatic heterocycles. The number of allylic oxidation sites excluding steroid dienone is 2. The van der Waals surface area contributed by atoms with E-state index >= 15 is 0 Å². The van der Waals surface area contributed by atoms with E-state index in [-0.39, 0.29) is 29.3 Å². The molecule has 0 bridgehead atoms. The van der Waals surface area contributed by atoms with E-state index in [0.29, 0.717) is 0 Å². The van der Waals surface area contributed by atoms with Crippen molar-refractivity contribution in [1.82, 2.24) is 0 Å². The van der Waals surface area contributed by atoms with Crippen molar-refractivity contribution >= 4 is 11.6 Å². The minimum atomic E-state index is -0.645. The Balaban J connectivity index is 3.19. The van der Waals surface area contributed by atoms with Crippen LogP contribution in [0.25, 0.3) is 0 Å². The largest absolute Gasteiger partial charge is 0.504 e. The summed E-state index contributed by atoms with van der Waals surface area (Å²) in [6, 6.07) is 0. The van der Waals surface area contributed by atoms with Crippen molar-refractivity contribution in [2.24, 2.45) is 5.41 Å². The molecule has 12 heavy (non-hydrogen) atoms. The molecule has 3 nitrogen and oxygen atoms in total. The zero-order chi connectivity index (χ0) is 9.52. The Kier molecular flexibility index (Phi) is 1.82. The number of Topliss-reactive ketones (excluding diaryl/α,β-unsaturated/α-hetero) is 2. The third kappa shape index (κ3) is 1.15. The minimum Gasteiger partial charge on any atom is -0.504 e. The monoisotopic (exact) mass is 168 g/mol. The molecule has 0 atom stereocenters. The van der Waals surface area contributed by atoms with Crippen molar-refractivity contribution in [2.45, 2.75) is 27.2 Å². The van der Waals surface area contributed by atoms with Gasteiger partial charge in [-0.15, -0.1) is 0 Å². The van der Waals surface area contributed by atoms with Crippen LogP contribution in [0.1, 0.15) is 27.2 Å². The van der Waals surface area contributed by atoms with Gasteiger partial charge in [0.2, 0.25) is 0 Å².